The fourth-order valence-corrected chi connectivity index (χ4v) is 1.49. The molecule has 1 rings (SSSR count). The molecule has 0 spiro atoms. The number of imidazole rings is 1. The number of nitrogens with one attached hydrogen (secondary N) is 1. The third kappa shape index (κ3) is 1.47. The number of aromatic nitrogens is 2. The van der Waals surface area contributed by atoms with Crippen molar-refractivity contribution in [2.75, 3.05) is 14.2 Å². The zero-order valence-electron chi connectivity index (χ0n) is 6.68. The predicted octanol–water partition coefficient (Wildman–Crippen LogP) is -0.408. The fraction of sp³-hybridized carbons (Fsp3) is 0.400. The van der Waals surface area contributed by atoms with Crippen molar-refractivity contribution in [3.05, 3.63) is 12.5 Å². The SMILES string of the molecule is CON(C)S(=O)(=O)c1cnc[nH]1. The Kier molecular flexibility index (Phi) is 2.46. The highest BCUT2D eigenvalue weighted by molar-refractivity contribution is 7.88. The highest BCUT2D eigenvalue weighted by Crippen LogP contribution is 2.08. The van der Waals surface area contributed by atoms with Crippen molar-refractivity contribution in [1.82, 2.24) is 14.4 Å². The molecule has 0 aromatic carbocycles. The van der Waals surface area contributed by atoms with E-state index in [0.29, 0.717) is 0 Å². The van der Waals surface area contributed by atoms with Gasteiger partial charge in [-0.15, -0.1) is 0 Å². The lowest BCUT2D eigenvalue weighted by atomic mass is 11.0. The first-order valence-electron chi connectivity index (χ1n) is 3.10. The Morgan fingerprint density at radius 2 is 2.33 bits per heavy atom. The van der Waals surface area contributed by atoms with E-state index in [2.05, 4.69) is 14.8 Å². The smallest absolute Gasteiger partial charge is 0.281 e. The summed E-state index contributed by atoms with van der Waals surface area (Å²) < 4.78 is 23.5. The van der Waals surface area contributed by atoms with Gasteiger partial charge in [0, 0.05) is 7.05 Å². The highest BCUT2D eigenvalue weighted by Gasteiger charge is 2.21. The van der Waals surface area contributed by atoms with Crippen LogP contribution in [0.5, 0.6) is 0 Å². The molecule has 1 aromatic rings. The van der Waals surface area contributed by atoms with Gasteiger partial charge in [-0.05, 0) is 0 Å². The first-order chi connectivity index (χ1) is 5.59. The number of H-pyrrole nitrogens is 1. The summed E-state index contributed by atoms with van der Waals surface area (Å²) in [6.45, 7) is 0. The van der Waals surface area contributed by atoms with Crippen molar-refractivity contribution in [3.63, 3.8) is 0 Å². The Morgan fingerprint density at radius 3 is 2.75 bits per heavy atom. The van der Waals surface area contributed by atoms with Gasteiger partial charge in [0.1, 0.15) is 0 Å². The van der Waals surface area contributed by atoms with Crippen LogP contribution in [0, 0.1) is 0 Å². The van der Waals surface area contributed by atoms with E-state index >= 15 is 0 Å². The molecule has 0 unspecified atom stereocenters. The van der Waals surface area contributed by atoms with Gasteiger partial charge in [-0.25, -0.2) is 13.4 Å². The number of hydrogen-bond donors (Lipinski definition) is 1. The molecule has 0 aliphatic heterocycles. The fourth-order valence-electron chi connectivity index (χ4n) is 0.621. The lowest BCUT2D eigenvalue weighted by molar-refractivity contribution is -0.0260. The summed E-state index contributed by atoms with van der Waals surface area (Å²) in [5.74, 6) is 0. The lowest BCUT2D eigenvalue weighted by Gasteiger charge is -2.11. The van der Waals surface area contributed by atoms with Gasteiger partial charge in [0.15, 0.2) is 5.03 Å². The van der Waals surface area contributed by atoms with E-state index in [1.165, 1.54) is 26.7 Å². The Bertz CT molecular complexity index is 331. The molecule has 0 aliphatic rings. The van der Waals surface area contributed by atoms with E-state index in [4.69, 9.17) is 0 Å². The van der Waals surface area contributed by atoms with Gasteiger partial charge in [0.2, 0.25) is 0 Å². The average molecular weight is 191 g/mol. The maximum absolute atomic E-state index is 11.4. The Balaban J connectivity index is 3.03. The molecule has 68 valence electrons. The first kappa shape index (κ1) is 9.17. The molecular weight excluding hydrogens is 182 g/mol. The zero-order chi connectivity index (χ0) is 9.19. The monoisotopic (exact) mass is 191 g/mol. The van der Waals surface area contributed by atoms with Crippen LogP contribution in [0.3, 0.4) is 0 Å². The third-order valence-corrected chi connectivity index (χ3v) is 2.95. The standard InChI is InChI=1S/C5H9N3O3S/c1-8(11-2)12(9,10)5-3-6-4-7-5/h3-4H,1-2H3,(H,6,7). The molecule has 1 aromatic heterocycles. The van der Waals surface area contributed by atoms with E-state index in [1.54, 1.807) is 0 Å². The molecule has 0 saturated heterocycles. The van der Waals surface area contributed by atoms with E-state index in [-0.39, 0.29) is 5.03 Å². The second-order valence-electron chi connectivity index (χ2n) is 2.01. The number of hydrogen-bond acceptors (Lipinski definition) is 4. The third-order valence-electron chi connectivity index (χ3n) is 1.35. The second-order valence-corrected chi connectivity index (χ2v) is 3.92. The molecule has 1 heterocycles. The molecule has 6 nitrogen and oxygen atoms in total. The van der Waals surface area contributed by atoms with Gasteiger partial charge < -0.3 is 4.98 Å². The summed E-state index contributed by atoms with van der Waals surface area (Å²) in [6, 6.07) is 0. The van der Waals surface area contributed by atoms with Crippen molar-refractivity contribution < 1.29 is 13.3 Å². The second kappa shape index (κ2) is 3.21. The van der Waals surface area contributed by atoms with Gasteiger partial charge in [0.25, 0.3) is 10.0 Å². The quantitative estimate of drug-likeness (QED) is 0.659. The molecular formula is C5H9N3O3S. The van der Waals surface area contributed by atoms with Crippen LogP contribution in [0.2, 0.25) is 0 Å². The molecule has 1 N–H and O–H groups in total. The van der Waals surface area contributed by atoms with Gasteiger partial charge in [0.05, 0.1) is 19.6 Å². The van der Waals surface area contributed by atoms with Gasteiger partial charge in [-0.1, -0.05) is 4.47 Å². The van der Waals surface area contributed by atoms with Crippen molar-refractivity contribution in [2.45, 2.75) is 5.03 Å². The summed E-state index contributed by atoms with van der Waals surface area (Å²) in [7, 11) is -0.979. The maximum Gasteiger partial charge on any atom is 0.281 e. The molecule has 0 atom stereocenters. The largest absolute Gasteiger partial charge is 0.335 e. The van der Waals surface area contributed by atoms with Crippen LogP contribution >= 0.6 is 0 Å². The molecule has 0 amide bonds. The first-order valence-corrected chi connectivity index (χ1v) is 4.54. The van der Waals surface area contributed by atoms with Gasteiger partial charge in [-0.2, -0.15) is 0 Å². The van der Waals surface area contributed by atoms with Crippen LogP contribution in [0.15, 0.2) is 17.6 Å². The highest BCUT2D eigenvalue weighted by atomic mass is 32.2. The van der Waals surface area contributed by atoms with E-state index < -0.39 is 10.0 Å². The summed E-state index contributed by atoms with van der Waals surface area (Å²) in [5, 5.41) is 0.00634. The van der Waals surface area contributed by atoms with Gasteiger partial charge in [-0.3, -0.25) is 4.84 Å². The van der Waals surface area contributed by atoms with Gasteiger partial charge >= 0.3 is 0 Å². The molecule has 0 aliphatic carbocycles. The van der Waals surface area contributed by atoms with Crippen LogP contribution < -0.4 is 0 Å². The molecule has 7 heteroatoms. The summed E-state index contributed by atoms with van der Waals surface area (Å²) >= 11 is 0. The normalized spacial score (nSPS) is 12.2. The number of hydroxylamine groups is 1. The molecule has 0 bridgehead atoms. The van der Waals surface area contributed by atoms with Crippen LogP contribution in [-0.2, 0) is 14.9 Å². The minimum Gasteiger partial charge on any atom is -0.335 e. The van der Waals surface area contributed by atoms with E-state index in [9.17, 15) is 8.42 Å². The predicted molar refractivity (Wildman–Crippen MR) is 40.5 cm³/mol. The minimum absolute atomic E-state index is 0.00634. The van der Waals surface area contributed by atoms with Crippen molar-refractivity contribution in [3.8, 4) is 0 Å². The van der Waals surface area contributed by atoms with Crippen LogP contribution in [0.25, 0.3) is 0 Å². The molecule has 12 heavy (non-hydrogen) atoms. The van der Waals surface area contributed by atoms with Crippen molar-refractivity contribution >= 4 is 10.0 Å². The summed E-state index contributed by atoms with van der Waals surface area (Å²) in [5.41, 5.74) is 0. The minimum atomic E-state index is -3.55. The molecule has 0 saturated carbocycles. The van der Waals surface area contributed by atoms with Crippen LogP contribution in [-0.4, -0.2) is 37.0 Å². The van der Waals surface area contributed by atoms with E-state index in [1.807, 2.05) is 0 Å². The van der Waals surface area contributed by atoms with Crippen LogP contribution in [0.4, 0.5) is 0 Å². The zero-order valence-corrected chi connectivity index (χ0v) is 7.50. The number of aromatic amines is 1. The number of sulfonamides is 1. The summed E-state index contributed by atoms with van der Waals surface area (Å²) in [4.78, 5) is 10.6. The van der Waals surface area contributed by atoms with Crippen LogP contribution in [0.1, 0.15) is 0 Å². The Labute approximate surface area is 70.2 Å². The molecule has 0 radical (unpaired) electrons. The summed E-state index contributed by atoms with van der Waals surface area (Å²) in [6.07, 6.45) is 2.50. The lowest BCUT2D eigenvalue weighted by Crippen LogP contribution is -2.25. The number of rotatable bonds is 3. The number of nitrogens with zero attached hydrogens (tertiary/aromatic N) is 2. The van der Waals surface area contributed by atoms with Crippen molar-refractivity contribution in [1.29, 1.82) is 0 Å². The topological polar surface area (TPSA) is 75.3 Å². The Morgan fingerprint density at radius 1 is 1.67 bits per heavy atom. The molecule has 0 fully saturated rings. The van der Waals surface area contributed by atoms with E-state index in [0.717, 1.165) is 4.47 Å². The van der Waals surface area contributed by atoms with Crippen molar-refractivity contribution in [2.24, 2.45) is 0 Å². The maximum atomic E-state index is 11.4. The average Bonchev–Trinajstić information content (AvgIpc) is 2.55. The Hall–Kier alpha value is -0.920.